The van der Waals surface area contributed by atoms with E-state index >= 15 is 0 Å². The Bertz CT molecular complexity index is 1070. The molecule has 1 aromatic carbocycles. The maximum Gasteiger partial charge on any atom is 0.416 e. The molecule has 0 radical (unpaired) electrons. The van der Waals surface area contributed by atoms with Crippen molar-refractivity contribution in [3.05, 3.63) is 63.6 Å². The van der Waals surface area contributed by atoms with E-state index in [9.17, 15) is 18.0 Å². The van der Waals surface area contributed by atoms with Gasteiger partial charge >= 0.3 is 6.18 Å². The molecule has 2 atom stereocenters. The molecule has 0 N–H and O–H groups in total. The Hall–Kier alpha value is -2.06. The van der Waals surface area contributed by atoms with Crippen LogP contribution in [0.15, 0.2) is 41.3 Å². The molecule has 34 heavy (non-hydrogen) atoms. The van der Waals surface area contributed by atoms with Crippen molar-refractivity contribution in [3.63, 3.8) is 0 Å². The zero-order valence-electron chi connectivity index (χ0n) is 21.1. The summed E-state index contributed by atoms with van der Waals surface area (Å²) in [6.07, 6.45) is -0.762. The minimum atomic E-state index is -4.47. The molecule has 1 aliphatic heterocycles. The summed E-state index contributed by atoms with van der Waals surface area (Å²) in [4.78, 5) is 13.1. The molecule has 2 unspecified atom stereocenters. The van der Waals surface area contributed by atoms with Crippen LogP contribution in [0.1, 0.15) is 70.2 Å². The second-order valence-corrected chi connectivity index (χ2v) is 13.6. The first kappa shape index (κ1) is 26.5. The Labute approximate surface area is 201 Å². The number of benzene rings is 1. The maximum atomic E-state index is 13.4. The molecule has 2 aromatic rings. The van der Waals surface area contributed by atoms with Crippen molar-refractivity contribution in [2.24, 2.45) is 5.41 Å². The van der Waals surface area contributed by atoms with Gasteiger partial charge in [0.15, 0.2) is 9.04 Å². The molecule has 0 saturated carbocycles. The number of aromatic nitrogens is 1. The number of ether oxygens (including phenoxy) is 1. The molecular formula is C26H36F3NO3Si. The van der Waals surface area contributed by atoms with Gasteiger partial charge in [-0.1, -0.05) is 20.8 Å². The molecular weight excluding hydrogens is 459 g/mol. The molecule has 8 heteroatoms. The predicted octanol–water partition coefficient (Wildman–Crippen LogP) is 6.36. The largest absolute Gasteiger partial charge is 0.487 e. The monoisotopic (exact) mass is 495 g/mol. The van der Waals surface area contributed by atoms with Crippen molar-refractivity contribution in [3.8, 4) is 5.75 Å². The molecule has 4 nitrogen and oxygen atoms in total. The quantitative estimate of drug-likeness (QED) is 0.438. The Morgan fingerprint density at radius 3 is 2.41 bits per heavy atom. The van der Waals surface area contributed by atoms with Gasteiger partial charge in [-0.15, -0.1) is 0 Å². The molecule has 0 bridgehead atoms. The number of pyridine rings is 1. The summed E-state index contributed by atoms with van der Waals surface area (Å²) in [5, 5.41) is 0. The highest BCUT2D eigenvalue weighted by Gasteiger charge is 2.38. The van der Waals surface area contributed by atoms with Crippen molar-refractivity contribution in [1.29, 1.82) is 0 Å². The lowest BCUT2D eigenvalue weighted by molar-refractivity contribution is -0.137. The number of aryl methyl sites for hydroxylation is 1. The molecule has 2 heterocycles. The zero-order valence-corrected chi connectivity index (χ0v) is 22.3. The highest BCUT2D eigenvalue weighted by atomic mass is 28.3. The average Bonchev–Trinajstić information content (AvgIpc) is 2.68. The van der Waals surface area contributed by atoms with E-state index in [1.54, 1.807) is 12.3 Å². The van der Waals surface area contributed by atoms with Crippen LogP contribution in [0.4, 0.5) is 13.2 Å². The van der Waals surface area contributed by atoms with Crippen LogP contribution in [0.5, 0.6) is 5.75 Å². The molecule has 0 aliphatic carbocycles. The van der Waals surface area contributed by atoms with E-state index in [1.807, 2.05) is 19.9 Å². The summed E-state index contributed by atoms with van der Waals surface area (Å²) in [5.41, 5.74) is -0.304. The maximum absolute atomic E-state index is 13.4. The lowest BCUT2D eigenvalue weighted by Crippen LogP contribution is -2.39. The highest BCUT2D eigenvalue weighted by molar-refractivity contribution is 6.48. The van der Waals surface area contributed by atoms with Crippen molar-refractivity contribution in [2.45, 2.75) is 90.9 Å². The van der Waals surface area contributed by atoms with Crippen LogP contribution < -0.4 is 10.3 Å². The van der Waals surface area contributed by atoms with Crippen molar-refractivity contribution in [1.82, 2.24) is 4.57 Å². The lowest BCUT2D eigenvalue weighted by atomic mass is 9.86. The van der Waals surface area contributed by atoms with Crippen LogP contribution in [0.2, 0.25) is 13.1 Å². The summed E-state index contributed by atoms with van der Waals surface area (Å²) >= 11 is 0. The topological polar surface area (TPSA) is 40.5 Å². The van der Waals surface area contributed by atoms with Crippen molar-refractivity contribution in [2.75, 3.05) is 0 Å². The van der Waals surface area contributed by atoms with Crippen LogP contribution >= 0.6 is 0 Å². The second-order valence-electron chi connectivity index (χ2n) is 11.2. The molecule has 0 saturated heterocycles. The van der Waals surface area contributed by atoms with Gasteiger partial charge in [-0.05, 0) is 75.0 Å². The average molecular weight is 496 g/mol. The predicted molar refractivity (Wildman–Crippen MR) is 131 cm³/mol. The third-order valence-corrected chi connectivity index (χ3v) is 7.09. The molecule has 188 valence electrons. The summed E-state index contributed by atoms with van der Waals surface area (Å²) in [6, 6.07) is 6.44. The van der Waals surface area contributed by atoms with Crippen LogP contribution in [-0.2, 0) is 17.0 Å². The number of rotatable bonds is 6. The minimum Gasteiger partial charge on any atom is -0.487 e. The number of alkyl halides is 3. The molecule has 1 aliphatic rings. The number of fused-ring (bicyclic) bond motifs is 1. The van der Waals surface area contributed by atoms with Crippen LogP contribution in [0, 0.1) is 5.41 Å². The molecule has 0 fully saturated rings. The molecule has 0 spiro atoms. The molecule has 3 rings (SSSR count). The van der Waals surface area contributed by atoms with Crippen LogP contribution in [-0.4, -0.2) is 25.3 Å². The van der Waals surface area contributed by atoms with E-state index in [0.717, 1.165) is 24.1 Å². The fourth-order valence-corrected chi connectivity index (χ4v) is 5.72. The number of hydrogen-bond donors (Lipinski definition) is 0. The first-order valence-corrected chi connectivity index (χ1v) is 14.6. The molecule has 1 aromatic heterocycles. The Balaban J connectivity index is 1.90. The third-order valence-electron chi connectivity index (χ3n) is 6.21. The number of nitrogens with zero attached hydrogens (tertiary/aromatic N) is 1. The van der Waals surface area contributed by atoms with Gasteiger partial charge in [-0.3, -0.25) is 4.79 Å². The van der Waals surface area contributed by atoms with Gasteiger partial charge in [0.1, 0.15) is 11.4 Å². The van der Waals surface area contributed by atoms with Crippen molar-refractivity contribution < 1.29 is 22.3 Å². The van der Waals surface area contributed by atoms with E-state index in [-0.39, 0.29) is 17.1 Å². The summed E-state index contributed by atoms with van der Waals surface area (Å²) in [5.74, 6) is 0.383. The Kier molecular flexibility index (Phi) is 7.44. The first-order chi connectivity index (χ1) is 15.6. The van der Waals surface area contributed by atoms with Gasteiger partial charge in [0, 0.05) is 30.4 Å². The fourth-order valence-electron chi connectivity index (χ4n) is 4.52. The summed E-state index contributed by atoms with van der Waals surface area (Å²) < 4.78 is 53.8. The van der Waals surface area contributed by atoms with Crippen LogP contribution in [0.3, 0.4) is 0 Å². The first-order valence-electron chi connectivity index (χ1n) is 11.8. The highest BCUT2D eigenvalue weighted by Crippen LogP contribution is 2.43. The van der Waals surface area contributed by atoms with E-state index in [0.29, 0.717) is 24.2 Å². The van der Waals surface area contributed by atoms with E-state index in [1.165, 1.54) is 10.6 Å². The van der Waals surface area contributed by atoms with Crippen molar-refractivity contribution >= 4 is 9.04 Å². The number of halogens is 3. The van der Waals surface area contributed by atoms with Gasteiger partial charge in [-0.2, -0.15) is 13.2 Å². The summed E-state index contributed by atoms with van der Waals surface area (Å²) in [6.45, 7) is 14.5. The van der Waals surface area contributed by atoms with Gasteiger partial charge in [-0.25, -0.2) is 0 Å². The van der Waals surface area contributed by atoms with Gasteiger partial charge in [0.05, 0.1) is 11.6 Å². The summed E-state index contributed by atoms with van der Waals surface area (Å²) in [7, 11) is -1.21. The van der Waals surface area contributed by atoms with Gasteiger partial charge < -0.3 is 13.7 Å². The standard InChI is InChI=1S/C26H36F3NO3Si/c1-24(2,3)22(33-34(6)7)11-8-17-12-13-30(23(31)14-17)20-16-25(4,5)32-21-10-9-18(15-19(20)21)26(27,28)29/h9-10,12-15,20,22,34H,8,11,16H2,1-7H3. The normalized spacial score (nSPS) is 19.0. The van der Waals surface area contributed by atoms with E-state index < -0.39 is 32.4 Å². The Morgan fingerprint density at radius 1 is 1.18 bits per heavy atom. The van der Waals surface area contributed by atoms with Crippen LogP contribution in [0.25, 0.3) is 0 Å². The smallest absolute Gasteiger partial charge is 0.416 e. The SMILES string of the molecule is C[SiH](C)OC(CCc1ccn(C2CC(C)(C)Oc3ccc(C(F)(F)F)cc32)c(=O)c1)C(C)(C)C. The van der Waals surface area contributed by atoms with Gasteiger partial charge in [0.25, 0.3) is 5.56 Å². The fraction of sp³-hybridized carbons (Fsp3) is 0.577. The molecule has 0 amide bonds. The van der Waals surface area contributed by atoms with Gasteiger partial charge in [0.2, 0.25) is 0 Å². The second kappa shape index (κ2) is 9.53. The van der Waals surface area contributed by atoms with E-state index in [2.05, 4.69) is 33.9 Å². The zero-order chi connectivity index (χ0) is 25.5. The lowest BCUT2D eigenvalue weighted by Gasteiger charge is -2.38. The minimum absolute atomic E-state index is 0.000163. The number of hydrogen-bond acceptors (Lipinski definition) is 3. The Morgan fingerprint density at radius 2 is 1.85 bits per heavy atom. The van der Waals surface area contributed by atoms with E-state index in [4.69, 9.17) is 9.16 Å². The third kappa shape index (κ3) is 6.33.